The van der Waals surface area contributed by atoms with Gasteiger partial charge in [-0.25, -0.2) is 8.42 Å². The molecule has 1 amide bonds. The van der Waals surface area contributed by atoms with Crippen LogP contribution >= 0.6 is 0 Å². The number of hydrogen-bond donors (Lipinski definition) is 0. The van der Waals surface area contributed by atoms with Crippen LogP contribution in [-0.4, -0.2) is 43.3 Å². The summed E-state index contributed by atoms with van der Waals surface area (Å²) in [5, 5.41) is 0.826. The number of nitrogens with zero attached hydrogens (tertiary/aromatic N) is 3. The minimum absolute atomic E-state index is 0.0756. The Morgan fingerprint density at radius 2 is 1.76 bits per heavy atom. The lowest BCUT2D eigenvalue weighted by atomic mass is 9.65. The third-order valence-corrected chi connectivity index (χ3v) is 9.00. The van der Waals surface area contributed by atoms with Gasteiger partial charge in [0.1, 0.15) is 6.54 Å². The van der Waals surface area contributed by atoms with Gasteiger partial charge in [-0.05, 0) is 54.4 Å². The second kappa shape index (κ2) is 8.08. The fourth-order valence-electron chi connectivity index (χ4n) is 6.27. The Morgan fingerprint density at radius 1 is 1.03 bits per heavy atom. The third-order valence-electron chi connectivity index (χ3n) is 7.23. The van der Waals surface area contributed by atoms with E-state index in [1.807, 2.05) is 29.2 Å². The number of anilines is 1. The van der Waals surface area contributed by atoms with Crippen molar-refractivity contribution in [1.29, 1.82) is 0 Å². The molecule has 1 aliphatic heterocycles. The van der Waals surface area contributed by atoms with E-state index in [9.17, 15) is 13.2 Å². The van der Waals surface area contributed by atoms with Gasteiger partial charge >= 0.3 is 0 Å². The van der Waals surface area contributed by atoms with Crippen LogP contribution in [0.2, 0.25) is 0 Å². The van der Waals surface area contributed by atoms with Crippen molar-refractivity contribution in [3.63, 3.8) is 0 Å². The molecule has 7 heteroatoms. The van der Waals surface area contributed by atoms with E-state index >= 15 is 0 Å². The number of sulfonamides is 1. The summed E-state index contributed by atoms with van der Waals surface area (Å²) in [4.78, 5) is 20.3. The number of benzene rings is 2. The average molecular weight is 478 g/mol. The molecule has 5 rings (SSSR count). The SMILES string of the molecule is CC1(C)CC2CC(C)(CN2C(=O)CN(c2cccc3cccnc23)S(=O)(=O)c2ccccc2)C1. The molecule has 2 heterocycles. The minimum Gasteiger partial charge on any atom is -0.338 e. The van der Waals surface area contributed by atoms with Gasteiger partial charge in [-0.2, -0.15) is 0 Å². The predicted molar refractivity (Wildman–Crippen MR) is 134 cm³/mol. The summed E-state index contributed by atoms with van der Waals surface area (Å²) in [5.74, 6) is -0.154. The standard InChI is InChI=1S/C27H31N3O3S/c1-26(2)15-21-16-27(3,18-26)19-29(21)24(31)17-30(34(32,33)22-11-5-4-6-12-22)23-13-7-9-20-10-8-14-28-25(20)23/h4-14,21H,15-19H2,1-3H3. The molecular formula is C27H31N3O3S. The molecule has 2 bridgehead atoms. The summed E-state index contributed by atoms with van der Waals surface area (Å²) in [7, 11) is -3.98. The summed E-state index contributed by atoms with van der Waals surface area (Å²) in [6.07, 6.45) is 4.63. The summed E-state index contributed by atoms with van der Waals surface area (Å²) in [5.41, 5.74) is 1.23. The van der Waals surface area contributed by atoms with E-state index in [2.05, 4.69) is 25.8 Å². The van der Waals surface area contributed by atoms with Gasteiger partial charge in [-0.1, -0.05) is 57.2 Å². The van der Waals surface area contributed by atoms with Crippen molar-refractivity contribution in [1.82, 2.24) is 9.88 Å². The lowest BCUT2D eigenvalue weighted by Crippen LogP contribution is -2.45. The number of pyridine rings is 1. The van der Waals surface area contributed by atoms with E-state index in [0.29, 0.717) is 17.7 Å². The van der Waals surface area contributed by atoms with Crippen molar-refractivity contribution >= 4 is 32.5 Å². The Hall–Kier alpha value is -2.93. The van der Waals surface area contributed by atoms with E-state index in [-0.39, 0.29) is 34.2 Å². The molecule has 178 valence electrons. The number of likely N-dealkylation sites (tertiary alicyclic amines) is 1. The van der Waals surface area contributed by atoms with Crippen LogP contribution in [0.15, 0.2) is 71.8 Å². The van der Waals surface area contributed by atoms with Crippen molar-refractivity contribution in [3.8, 4) is 0 Å². The summed E-state index contributed by atoms with van der Waals surface area (Å²) in [6.45, 7) is 7.20. The summed E-state index contributed by atoms with van der Waals surface area (Å²) < 4.78 is 28.9. The zero-order valence-electron chi connectivity index (χ0n) is 19.9. The smallest absolute Gasteiger partial charge is 0.264 e. The van der Waals surface area contributed by atoms with E-state index in [0.717, 1.165) is 24.6 Å². The maximum absolute atomic E-state index is 13.8. The molecule has 1 saturated heterocycles. The number of para-hydroxylation sites is 1. The molecule has 1 aromatic heterocycles. The number of amides is 1. The molecule has 2 atom stereocenters. The Balaban J connectivity index is 1.55. The van der Waals surface area contributed by atoms with Crippen LogP contribution < -0.4 is 4.31 Å². The van der Waals surface area contributed by atoms with E-state index in [1.165, 1.54) is 4.31 Å². The van der Waals surface area contributed by atoms with Gasteiger partial charge in [0.2, 0.25) is 5.91 Å². The molecule has 2 aliphatic rings. The Bertz CT molecular complexity index is 1330. The number of rotatable bonds is 5. The number of carbonyl (C=O) groups is 1. The van der Waals surface area contributed by atoms with Crippen LogP contribution in [-0.2, 0) is 14.8 Å². The van der Waals surface area contributed by atoms with Crippen molar-refractivity contribution in [2.24, 2.45) is 10.8 Å². The van der Waals surface area contributed by atoms with Crippen molar-refractivity contribution in [3.05, 3.63) is 66.9 Å². The van der Waals surface area contributed by atoms with Crippen molar-refractivity contribution < 1.29 is 13.2 Å². The van der Waals surface area contributed by atoms with Gasteiger partial charge in [-0.15, -0.1) is 0 Å². The molecule has 2 unspecified atom stereocenters. The first-order valence-electron chi connectivity index (χ1n) is 11.8. The summed E-state index contributed by atoms with van der Waals surface area (Å²) in [6, 6.07) is 17.6. The molecule has 1 saturated carbocycles. The molecule has 6 nitrogen and oxygen atoms in total. The zero-order valence-corrected chi connectivity index (χ0v) is 20.8. The fourth-order valence-corrected chi connectivity index (χ4v) is 7.72. The zero-order chi connectivity index (χ0) is 24.1. The van der Waals surface area contributed by atoms with Crippen LogP contribution in [0.1, 0.15) is 40.0 Å². The molecule has 2 fully saturated rings. The number of aromatic nitrogens is 1. The van der Waals surface area contributed by atoms with Crippen molar-refractivity contribution in [2.45, 2.75) is 51.0 Å². The molecule has 0 N–H and O–H groups in total. The topological polar surface area (TPSA) is 70.6 Å². The first-order valence-corrected chi connectivity index (χ1v) is 13.2. The highest BCUT2D eigenvalue weighted by atomic mass is 32.2. The van der Waals surface area contributed by atoms with Gasteiger partial charge in [0.15, 0.2) is 0 Å². The molecule has 34 heavy (non-hydrogen) atoms. The molecule has 2 aromatic carbocycles. The monoisotopic (exact) mass is 477 g/mol. The quantitative estimate of drug-likeness (QED) is 0.526. The van der Waals surface area contributed by atoms with Crippen LogP contribution in [0.5, 0.6) is 0 Å². The lowest BCUT2D eigenvalue weighted by Gasteiger charge is -2.39. The van der Waals surface area contributed by atoms with Crippen LogP contribution in [0.4, 0.5) is 5.69 Å². The molecule has 0 radical (unpaired) electrons. The second-order valence-corrected chi connectivity index (χ2v) is 12.8. The number of carbonyl (C=O) groups excluding carboxylic acids is 1. The van der Waals surface area contributed by atoms with Crippen LogP contribution in [0, 0.1) is 10.8 Å². The fraction of sp³-hybridized carbons (Fsp3) is 0.407. The van der Waals surface area contributed by atoms with E-state index in [4.69, 9.17) is 0 Å². The van der Waals surface area contributed by atoms with Gasteiger partial charge < -0.3 is 4.90 Å². The highest BCUT2D eigenvalue weighted by molar-refractivity contribution is 7.92. The van der Waals surface area contributed by atoms with Gasteiger partial charge in [0.05, 0.1) is 16.1 Å². The number of hydrogen-bond acceptors (Lipinski definition) is 4. The molecule has 3 aromatic rings. The molecule has 0 spiro atoms. The maximum atomic E-state index is 13.8. The van der Waals surface area contributed by atoms with Crippen LogP contribution in [0.3, 0.4) is 0 Å². The largest absolute Gasteiger partial charge is 0.338 e. The Kier molecular flexibility index (Phi) is 5.43. The van der Waals surface area contributed by atoms with Crippen LogP contribution in [0.25, 0.3) is 10.9 Å². The first-order chi connectivity index (χ1) is 16.1. The van der Waals surface area contributed by atoms with Gasteiger partial charge in [0.25, 0.3) is 10.0 Å². The Labute approximate surface area is 201 Å². The maximum Gasteiger partial charge on any atom is 0.264 e. The molecule has 1 aliphatic carbocycles. The highest BCUT2D eigenvalue weighted by Crippen LogP contribution is 2.52. The van der Waals surface area contributed by atoms with Gasteiger partial charge in [-0.3, -0.25) is 14.1 Å². The third kappa shape index (κ3) is 4.06. The lowest BCUT2D eigenvalue weighted by molar-refractivity contribution is -0.130. The number of fused-ring (bicyclic) bond motifs is 3. The highest BCUT2D eigenvalue weighted by Gasteiger charge is 2.51. The average Bonchev–Trinajstić information content (AvgIpc) is 3.06. The van der Waals surface area contributed by atoms with E-state index < -0.39 is 10.0 Å². The minimum atomic E-state index is -3.98. The Morgan fingerprint density at radius 3 is 2.53 bits per heavy atom. The molecular weight excluding hydrogens is 446 g/mol. The predicted octanol–water partition coefficient (Wildman–Crippen LogP) is 4.86. The van der Waals surface area contributed by atoms with E-state index in [1.54, 1.807) is 42.6 Å². The van der Waals surface area contributed by atoms with Crippen molar-refractivity contribution in [2.75, 3.05) is 17.4 Å². The normalized spacial score (nSPS) is 23.7. The second-order valence-electron chi connectivity index (χ2n) is 10.9. The summed E-state index contributed by atoms with van der Waals surface area (Å²) >= 11 is 0. The van der Waals surface area contributed by atoms with Gasteiger partial charge in [0, 0.05) is 24.2 Å². The first kappa shape index (κ1) is 22.8.